The van der Waals surface area contributed by atoms with E-state index in [0.717, 1.165) is 15.8 Å². The van der Waals surface area contributed by atoms with E-state index in [1.165, 1.54) is 10.4 Å². The van der Waals surface area contributed by atoms with Crippen molar-refractivity contribution < 1.29 is 0 Å². The van der Waals surface area contributed by atoms with Crippen LogP contribution in [-0.2, 0) is 0 Å². The molecule has 0 atom stereocenters. The fourth-order valence-electron chi connectivity index (χ4n) is 1.83. The molecular formula is C13H10ClN3S. The van der Waals surface area contributed by atoms with Gasteiger partial charge in [-0.05, 0) is 31.5 Å². The molecule has 18 heavy (non-hydrogen) atoms. The zero-order valence-corrected chi connectivity index (χ0v) is 11.5. The van der Waals surface area contributed by atoms with E-state index in [9.17, 15) is 0 Å². The van der Waals surface area contributed by atoms with Gasteiger partial charge in [0, 0.05) is 22.8 Å². The van der Waals surface area contributed by atoms with Crippen LogP contribution in [0.2, 0.25) is 5.15 Å². The fourth-order valence-corrected chi connectivity index (χ4v) is 3.23. The Hall–Kier alpha value is -1.52. The van der Waals surface area contributed by atoms with Crippen molar-refractivity contribution in [2.45, 2.75) is 13.8 Å². The molecular weight excluding hydrogens is 266 g/mol. The zero-order chi connectivity index (χ0) is 12.7. The lowest BCUT2D eigenvalue weighted by atomic mass is 10.2. The van der Waals surface area contributed by atoms with E-state index in [2.05, 4.69) is 28.8 Å². The SMILES string of the molecule is Cc1sc2nc(-c3ccncc3)nc(Cl)c2c1C. The van der Waals surface area contributed by atoms with Crippen LogP contribution in [0.5, 0.6) is 0 Å². The summed E-state index contributed by atoms with van der Waals surface area (Å²) in [4.78, 5) is 15.1. The summed E-state index contributed by atoms with van der Waals surface area (Å²) in [7, 11) is 0. The van der Waals surface area contributed by atoms with E-state index in [1.54, 1.807) is 23.7 Å². The lowest BCUT2D eigenvalue weighted by Crippen LogP contribution is -1.90. The maximum atomic E-state index is 6.27. The van der Waals surface area contributed by atoms with Crippen LogP contribution in [0, 0.1) is 13.8 Å². The van der Waals surface area contributed by atoms with Gasteiger partial charge in [-0.1, -0.05) is 11.6 Å². The summed E-state index contributed by atoms with van der Waals surface area (Å²) in [6.45, 7) is 4.12. The lowest BCUT2D eigenvalue weighted by molar-refractivity contribution is 1.22. The Balaban J connectivity index is 2.28. The average molecular weight is 276 g/mol. The summed E-state index contributed by atoms with van der Waals surface area (Å²) >= 11 is 7.92. The van der Waals surface area contributed by atoms with E-state index in [1.807, 2.05) is 12.1 Å². The van der Waals surface area contributed by atoms with Crippen molar-refractivity contribution in [2.75, 3.05) is 0 Å². The Kier molecular flexibility index (Phi) is 2.76. The van der Waals surface area contributed by atoms with Gasteiger partial charge in [-0.2, -0.15) is 0 Å². The molecule has 0 spiro atoms. The summed E-state index contributed by atoms with van der Waals surface area (Å²) < 4.78 is 0. The first kappa shape index (κ1) is 11.6. The molecule has 90 valence electrons. The Morgan fingerprint density at radius 2 is 1.83 bits per heavy atom. The lowest BCUT2D eigenvalue weighted by Gasteiger charge is -2.01. The maximum Gasteiger partial charge on any atom is 0.162 e. The van der Waals surface area contributed by atoms with Crippen molar-refractivity contribution in [3.05, 3.63) is 40.1 Å². The number of aryl methyl sites for hydroxylation is 2. The summed E-state index contributed by atoms with van der Waals surface area (Å²) in [5.41, 5.74) is 2.10. The molecule has 0 aliphatic carbocycles. The molecule has 0 N–H and O–H groups in total. The van der Waals surface area contributed by atoms with Crippen molar-refractivity contribution >= 4 is 33.2 Å². The molecule has 3 rings (SSSR count). The van der Waals surface area contributed by atoms with Gasteiger partial charge in [0.2, 0.25) is 0 Å². The highest BCUT2D eigenvalue weighted by molar-refractivity contribution is 7.18. The van der Waals surface area contributed by atoms with Crippen LogP contribution in [0.1, 0.15) is 10.4 Å². The molecule has 3 aromatic heterocycles. The molecule has 3 heterocycles. The van der Waals surface area contributed by atoms with Crippen LogP contribution in [-0.4, -0.2) is 15.0 Å². The molecule has 0 saturated heterocycles. The van der Waals surface area contributed by atoms with Gasteiger partial charge in [0.05, 0.1) is 5.39 Å². The highest BCUT2D eigenvalue weighted by Crippen LogP contribution is 2.34. The van der Waals surface area contributed by atoms with Gasteiger partial charge < -0.3 is 0 Å². The highest BCUT2D eigenvalue weighted by atomic mass is 35.5. The first-order valence-corrected chi connectivity index (χ1v) is 6.70. The van der Waals surface area contributed by atoms with Crippen LogP contribution in [0.3, 0.4) is 0 Å². The van der Waals surface area contributed by atoms with Gasteiger partial charge in [0.25, 0.3) is 0 Å². The summed E-state index contributed by atoms with van der Waals surface area (Å²) in [5, 5.41) is 1.49. The number of halogens is 1. The third-order valence-corrected chi connectivity index (χ3v) is 4.30. The van der Waals surface area contributed by atoms with E-state index >= 15 is 0 Å². The molecule has 3 aromatic rings. The standard InChI is InChI=1S/C13H10ClN3S/c1-7-8(2)18-13-10(7)11(14)16-12(17-13)9-3-5-15-6-4-9/h3-6H,1-2H3. The number of rotatable bonds is 1. The number of pyridine rings is 1. The van der Waals surface area contributed by atoms with Crippen LogP contribution in [0.15, 0.2) is 24.5 Å². The Bertz CT molecular complexity index is 722. The van der Waals surface area contributed by atoms with Crippen LogP contribution < -0.4 is 0 Å². The topological polar surface area (TPSA) is 38.7 Å². The minimum absolute atomic E-state index is 0.522. The summed E-state index contributed by atoms with van der Waals surface area (Å²) in [5.74, 6) is 0.649. The molecule has 5 heteroatoms. The first-order valence-electron chi connectivity index (χ1n) is 5.50. The smallest absolute Gasteiger partial charge is 0.162 e. The number of fused-ring (bicyclic) bond motifs is 1. The van der Waals surface area contributed by atoms with Gasteiger partial charge in [-0.3, -0.25) is 4.98 Å². The van der Waals surface area contributed by atoms with E-state index in [4.69, 9.17) is 11.6 Å². The third kappa shape index (κ3) is 1.78. The second-order valence-electron chi connectivity index (χ2n) is 4.04. The minimum atomic E-state index is 0.522. The third-order valence-electron chi connectivity index (χ3n) is 2.92. The second kappa shape index (κ2) is 4.30. The Morgan fingerprint density at radius 1 is 1.11 bits per heavy atom. The number of aromatic nitrogens is 3. The van der Waals surface area contributed by atoms with Gasteiger partial charge >= 0.3 is 0 Å². The number of hydrogen-bond donors (Lipinski definition) is 0. The molecule has 0 saturated carbocycles. The predicted octanol–water partition coefficient (Wildman–Crippen LogP) is 4.02. The van der Waals surface area contributed by atoms with Gasteiger partial charge in [0.15, 0.2) is 5.82 Å². The van der Waals surface area contributed by atoms with E-state index in [-0.39, 0.29) is 0 Å². The zero-order valence-electron chi connectivity index (χ0n) is 9.94. The number of nitrogens with zero attached hydrogens (tertiary/aromatic N) is 3. The molecule has 3 nitrogen and oxygen atoms in total. The number of hydrogen-bond acceptors (Lipinski definition) is 4. The van der Waals surface area contributed by atoms with Gasteiger partial charge in [-0.15, -0.1) is 11.3 Å². The van der Waals surface area contributed by atoms with E-state index < -0.39 is 0 Å². The van der Waals surface area contributed by atoms with Crippen LogP contribution in [0.25, 0.3) is 21.6 Å². The fraction of sp³-hybridized carbons (Fsp3) is 0.154. The summed E-state index contributed by atoms with van der Waals surface area (Å²) in [6, 6.07) is 3.76. The second-order valence-corrected chi connectivity index (χ2v) is 5.60. The molecule has 0 amide bonds. The molecule has 0 aromatic carbocycles. The minimum Gasteiger partial charge on any atom is -0.265 e. The molecule has 0 aliphatic heterocycles. The van der Waals surface area contributed by atoms with Gasteiger partial charge in [0.1, 0.15) is 9.98 Å². The molecule has 0 radical (unpaired) electrons. The first-order chi connectivity index (χ1) is 8.66. The maximum absolute atomic E-state index is 6.27. The van der Waals surface area contributed by atoms with Crippen LogP contribution >= 0.6 is 22.9 Å². The number of thiophene rings is 1. The summed E-state index contributed by atoms with van der Waals surface area (Å²) in [6.07, 6.45) is 3.45. The van der Waals surface area contributed by atoms with Crippen molar-refractivity contribution in [1.82, 2.24) is 15.0 Å². The van der Waals surface area contributed by atoms with Crippen molar-refractivity contribution in [1.29, 1.82) is 0 Å². The normalized spacial score (nSPS) is 11.1. The van der Waals surface area contributed by atoms with Gasteiger partial charge in [-0.25, -0.2) is 9.97 Å². The average Bonchev–Trinajstić information content (AvgIpc) is 2.66. The monoisotopic (exact) mass is 275 g/mol. The molecule has 0 aliphatic rings. The quantitative estimate of drug-likeness (QED) is 0.630. The largest absolute Gasteiger partial charge is 0.265 e. The van der Waals surface area contributed by atoms with Crippen LogP contribution in [0.4, 0.5) is 0 Å². The molecule has 0 fully saturated rings. The Morgan fingerprint density at radius 3 is 2.56 bits per heavy atom. The highest BCUT2D eigenvalue weighted by Gasteiger charge is 2.13. The molecule has 0 bridgehead atoms. The predicted molar refractivity (Wildman–Crippen MR) is 75.1 cm³/mol. The van der Waals surface area contributed by atoms with Crippen molar-refractivity contribution in [3.63, 3.8) is 0 Å². The van der Waals surface area contributed by atoms with Crippen molar-refractivity contribution in [3.8, 4) is 11.4 Å². The molecule has 0 unspecified atom stereocenters. The van der Waals surface area contributed by atoms with Crippen molar-refractivity contribution in [2.24, 2.45) is 0 Å². The Labute approximate surface area is 114 Å². The van der Waals surface area contributed by atoms with E-state index in [0.29, 0.717) is 11.0 Å².